The predicted molar refractivity (Wildman–Crippen MR) is 97.9 cm³/mol. The molecule has 130 valence electrons. The highest BCUT2D eigenvalue weighted by atomic mass is 79.9. The SMILES string of the molecule is O=C(NCc1cccc(Cl)c1F)C1CCN(c2ccc(Br)cc2)C1=O. The molecule has 0 radical (unpaired) electrons. The lowest BCUT2D eigenvalue weighted by molar-refractivity contribution is -0.132. The van der Waals surface area contributed by atoms with Crippen LogP contribution in [-0.2, 0) is 16.1 Å². The van der Waals surface area contributed by atoms with E-state index in [0.717, 1.165) is 10.2 Å². The quantitative estimate of drug-likeness (QED) is 0.755. The number of hydrogen-bond donors (Lipinski definition) is 1. The van der Waals surface area contributed by atoms with Crippen LogP contribution in [0.1, 0.15) is 12.0 Å². The highest BCUT2D eigenvalue weighted by Crippen LogP contribution is 2.27. The van der Waals surface area contributed by atoms with Gasteiger partial charge in [0, 0.05) is 28.8 Å². The van der Waals surface area contributed by atoms with Gasteiger partial charge in [-0.05, 0) is 36.8 Å². The molecule has 3 rings (SSSR count). The van der Waals surface area contributed by atoms with Crippen LogP contribution in [0.5, 0.6) is 0 Å². The van der Waals surface area contributed by atoms with E-state index < -0.39 is 17.6 Å². The van der Waals surface area contributed by atoms with Gasteiger partial charge in [0.15, 0.2) is 0 Å². The van der Waals surface area contributed by atoms with Crippen LogP contribution in [0.15, 0.2) is 46.9 Å². The Balaban J connectivity index is 1.64. The van der Waals surface area contributed by atoms with Crippen LogP contribution in [-0.4, -0.2) is 18.4 Å². The zero-order valence-corrected chi connectivity index (χ0v) is 15.5. The molecule has 0 spiro atoms. The third-order valence-corrected chi connectivity index (χ3v) is 4.97. The van der Waals surface area contributed by atoms with E-state index in [1.54, 1.807) is 17.0 Å². The zero-order chi connectivity index (χ0) is 18.0. The van der Waals surface area contributed by atoms with Crippen molar-refractivity contribution in [2.75, 3.05) is 11.4 Å². The first kappa shape index (κ1) is 17.9. The first-order chi connectivity index (χ1) is 12.0. The van der Waals surface area contributed by atoms with Gasteiger partial charge in [0.1, 0.15) is 11.7 Å². The lowest BCUT2D eigenvalue weighted by Crippen LogP contribution is -2.36. The molecule has 1 aliphatic rings. The van der Waals surface area contributed by atoms with Crippen molar-refractivity contribution in [2.24, 2.45) is 5.92 Å². The van der Waals surface area contributed by atoms with Crippen molar-refractivity contribution in [3.05, 3.63) is 63.3 Å². The normalized spacial score (nSPS) is 17.0. The number of nitrogens with one attached hydrogen (secondary N) is 1. The van der Waals surface area contributed by atoms with Crippen LogP contribution in [0.2, 0.25) is 5.02 Å². The number of carbonyl (C=O) groups excluding carboxylic acids is 2. The van der Waals surface area contributed by atoms with Crippen molar-refractivity contribution in [1.29, 1.82) is 0 Å². The fourth-order valence-electron chi connectivity index (χ4n) is 2.79. The van der Waals surface area contributed by atoms with E-state index in [9.17, 15) is 14.0 Å². The number of hydrogen-bond acceptors (Lipinski definition) is 2. The van der Waals surface area contributed by atoms with E-state index in [4.69, 9.17) is 11.6 Å². The van der Waals surface area contributed by atoms with E-state index in [1.807, 2.05) is 24.3 Å². The van der Waals surface area contributed by atoms with Crippen molar-refractivity contribution in [3.63, 3.8) is 0 Å². The molecule has 0 aliphatic carbocycles. The molecule has 4 nitrogen and oxygen atoms in total. The Hall–Kier alpha value is -1.92. The average Bonchev–Trinajstić information content (AvgIpc) is 2.98. The Kier molecular flexibility index (Phi) is 5.39. The molecule has 1 atom stereocenters. The molecule has 1 aliphatic heterocycles. The van der Waals surface area contributed by atoms with E-state index in [-0.39, 0.29) is 23.0 Å². The van der Waals surface area contributed by atoms with Gasteiger partial charge < -0.3 is 10.2 Å². The fraction of sp³-hybridized carbons (Fsp3) is 0.222. The Labute approximate surface area is 158 Å². The minimum absolute atomic E-state index is 0.00473. The van der Waals surface area contributed by atoms with Crippen LogP contribution in [0, 0.1) is 11.7 Å². The standard InChI is InChI=1S/C18H15BrClFN2O2/c19-12-4-6-13(7-5-12)23-9-8-14(18(23)25)17(24)22-10-11-2-1-3-15(20)16(11)21/h1-7,14H,8-10H2,(H,22,24). The molecule has 0 bridgehead atoms. The number of anilines is 1. The Morgan fingerprint density at radius 1 is 1.28 bits per heavy atom. The topological polar surface area (TPSA) is 49.4 Å². The Morgan fingerprint density at radius 3 is 2.72 bits per heavy atom. The first-order valence-corrected chi connectivity index (χ1v) is 8.92. The van der Waals surface area contributed by atoms with Crippen LogP contribution in [0.4, 0.5) is 10.1 Å². The molecular weight excluding hydrogens is 411 g/mol. The monoisotopic (exact) mass is 424 g/mol. The molecule has 0 aromatic heterocycles. The fourth-order valence-corrected chi connectivity index (χ4v) is 3.25. The summed E-state index contributed by atoms with van der Waals surface area (Å²) in [6, 6.07) is 11.9. The van der Waals surface area contributed by atoms with Crippen molar-refractivity contribution in [1.82, 2.24) is 5.32 Å². The summed E-state index contributed by atoms with van der Waals surface area (Å²) in [5.74, 6) is -1.96. The molecule has 25 heavy (non-hydrogen) atoms. The lowest BCUT2D eigenvalue weighted by Gasteiger charge is -2.17. The summed E-state index contributed by atoms with van der Waals surface area (Å²) in [5.41, 5.74) is 1.04. The number of carbonyl (C=O) groups is 2. The maximum Gasteiger partial charge on any atom is 0.239 e. The Bertz CT molecular complexity index is 813. The van der Waals surface area contributed by atoms with Crippen LogP contribution in [0.3, 0.4) is 0 Å². The largest absolute Gasteiger partial charge is 0.351 e. The summed E-state index contributed by atoms with van der Waals surface area (Å²) in [4.78, 5) is 26.5. The van der Waals surface area contributed by atoms with Crippen molar-refractivity contribution in [2.45, 2.75) is 13.0 Å². The molecule has 1 saturated heterocycles. The molecular formula is C18H15BrClFN2O2. The van der Waals surface area contributed by atoms with Gasteiger partial charge in [0.2, 0.25) is 11.8 Å². The van der Waals surface area contributed by atoms with Gasteiger partial charge in [0.25, 0.3) is 0 Å². The first-order valence-electron chi connectivity index (χ1n) is 7.75. The second-order valence-corrected chi connectivity index (χ2v) is 7.06. The molecule has 1 heterocycles. The third kappa shape index (κ3) is 3.85. The van der Waals surface area contributed by atoms with Crippen molar-refractivity contribution >= 4 is 45.0 Å². The number of halogens is 3. The highest BCUT2D eigenvalue weighted by Gasteiger charge is 2.37. The van der Waals surface area contributed by atoms with Gasteiger partial charge in [0.05, 0.1) is 5.02 Å². The summed E-state index contributed by atoms with van der Waals surface area (Å²) in [7, 11) is 0. The molecule has 2 aromatic carbocycles. The number of nitrogens with zero attached hydrogens (tertiary/aromatic N) is 1. The van der Waals surface area contributed by atoms with E-state index in [1.165, 1.54) is 6.07 Å². The molecule has 0 saturated carbocycles. The van der Waals surface area contributed by atoms with Gasteiger partial charge in [-0.1, -0.05) is 39.7 Å². The number of amides is 2. The second kappa shape index (κ2) is 7.54. The summed E-state index contributed by atoms with van der Waals surface area (Å²) >= 11 is 9.08. The van der Waals surface area contributed by atoms with Gasteiger partial charge in [-0.2, -0.15) is 0 Å². The minimum Gasteiger partial charge on any atom is -0.351 e. The average molecular weight is 426 g/mol. The maximum atomic E-state index is 13.9. The highest BCUT2D eigenvalue weighted by molar-refractivity contribution is 9.10. The zero-order valence-electron chi connectivity index (χ0n) is 13.1. The predicted octanol–water partition coefficient (Wildman–Crippen LogP) is 3.91. The minimum atomic E-state index is -0.758. The summed E-state index contributed by atoms with van der Waals surface area (Å²) in [6.45, 7) is 0.470. The molecule has 2 aromatic rings. The van der Waals surface area contributed by atoms with Gasteiger partial charge in [-0.15, -0.1) is 0 Å². The van der Waals surface area contributed by atoms with Crippen molar-refractivity contribution < 1.29 is 14.0 Å². The van der Waals surface area contributed by atoms with Crippen LogP contribution < -0.4 is 10.2 Å². The van der Waals surface area contributed by atoms with E-state index in [2.05, 4.69) is 21.2 Å². The molecule has 1 N–H and O–H groups in total. The second-order valence-electron chi connectivity index (χ2n) is 5.74. The third-order valence-electron chi connectivity index (χ3n) is 4.14. The summed E-state index contributed by atoms with van der Waals surface area (Å²) < 4.78 is 14.8. The molecule has 1 unspecified atom stereocenters. The molecule has 2 amide bonds. The Morgan fingerprint density at radius 2 is 2.00 bits per heavy atom. The van der Waals surface area contributed by atoms with E-state index >= 15 is 0 Å². The van der Waals surface area contributed by atoms with Gasteiger partial charge >= 0.3 is 0 Å². The van der Waals surface area contributed by atoms with Crippen molar-refractivity contribution in [3.8, 4) is 0 Å². The van der Waals surface area contributed by atoms with Gasteiger partial charge in [-0.3, -0.25) is 9.59 Å². The van der Waals surface area contributed by atoms with Gasteiger partial charge in [-0.25, -0.2) is 4.39 Å². The lowest BCUT2D eigenvalue weighted by atomic mass is 10.1. The van der Waals surface area contributed by atoms with Crippen LogP contribution in [0.25, 0.3) is 0 Å². The number of rotatable bonds is 4. The summed E-state index contributed by atoms with van der Waals surface area (Å²) in [6.07, 6.45) is 0.429. The van der Waals surface area contributed by atoms with E-state index in [0.29, 0.717) is 13.0 Å². The van der Waals surface area contributed by atoms with Crippen LogP contribution >= 0.6 is 27.5 Å². The smallest absolute Gasteiger partial charge is 0.239 e. The summed E-state index contributed by atoms with van der Waals surface area (Å²) in [5, 5.41) is 2.63. The molecule has 7 heteroatoms. The molecule has 1 fully saturated rings. The number of benzene rings is 2. The maximum absolute atomic E-state index is 13.9.